The van der Waals surface area contributed by atoms with Crippen LogP contribution in [0.2, 0.25) is 0 Å². The van der Waals surface area contributed by atoms with E-state index in [-0.39, 0.29) is 6.10 Å². The summed E-state index contributed by atoms with van der Waals surface area (Å²) in [7, 11) is 0. The van der Waals surface area contributed by atoms with Gasteiger partial charge < -0.3 is 15.4 Å². The van der Waals surface area contributed by atoms with E-state index in [1.54, 1.807) is 12.4 Å². The van der Waals surface area contributed by atoms with Crippen LogP contribution < -0.4 is 10.6 Å². The Hall–Kier alpha value is -2.58. The molecule has 1 aliphatic rings. The number of ether oxygens (including phenoxy) is 1. The van der Waals surface area contributed by atoms with Gasteiger partial charge in [0.2, 0.25) is 0 Å². The SMILES string of the molecule is CC(C)Cn1cc(-c2cc3nccnc3c(NCC3CNCCO3)n2)cn1. The van der Waals surface area contributed by atoms with E-state index in [0.717, 1.165) is 54.3 Å². The van der Waals surface area contributed by atoms with Gasteiger partial charge >= 0.3 is 0 Å². The Bertz CT molecular complexity index is 902. The van der Waals surface area contributed by atoms with Crippen LogP contribution in [0.15, 0.2) is 30.9 Å². The van der Waals surface area contributed by atoms with E-state index in [9.17, 15) is 0 Å². The zero-order valence-corrected chi connectivity index (χ0v) is 15.7. The van der Waals surface area contributed by atoms with Crippen LogP contribution in [0.3, 0.4) is 0 Å². The molecule has 1 saturated heterocycles. The Morgan fingerprint density at radius 3 is 3.04 bits per heavy atom. The Labute approximate surface area is 158 Å². The molecule has 142 valence electrons. The molecule has 3 aromatic heterocycles. The Kier molecular flexibility index (Phi) is 5.26. The van der Waals surface area contributed by atoms with Gasteiger partial charge in [-0.05, 0) is 12.0 Å². The van der Waals surface area contributed by atoms with Crippen LogP contribution in [0.25, 0.3) is 22.3 Å². The number of rotatable bonds is 6. The highest BCUT2D eigenvalue weighted by Crippen LogP contribution is 2.25. The highest BCUT2D eigenvalue weighted by atomic mass is 16.5. The van der Waals surface area contributed by atoms with E-state index in [2.05, 4.69) is 39.5 Å². The van der Waals surface area contributed by atoms with Gasteiger partial charge in [0.1, 0.15) is 5.52 Å². The fourth-order valence-corrected chi connectivity index (χ4v) is 3.17. The van der Waals surface area contributed by atoms with Gasteiger partial charge in [-0.25, -0.2) is 9.97 Å². The van der Waals surface area contributed by atoms with Crippen LogP contribution >= 0.6 is 0 Å². The molecular formula is C19H25N7O. The first-order valence-corrected chi connectivity index (χ1v) is 9.40. The Morgan fingerprint density at radius 2 is 2.22 bits per heavy atom. The molecule has 0 aliphatic carbocycles. The molecule has 8 nitrogen and oxygen atoms in total. The van der Waals surface area contributed by atoms with Gasteiger partial charge in [0.25, 0.3) is 0 Å². The molecule has 0 aromatic carbocycles. The van der Waals surface area contributed by atoms with E-state index in [4.69, 9.17) is 9.72 Å². The van der Waals surface area contributed by atoms with Gasteiger partial charge in [-0.2, -0.15) is 5.10 Å². The van der Waals surface area contributed by atoms with Gasteiger partial charge in [0.05, 0.1) is 30.1 Å². The number of fused-ring (bicyclic) bond motifs is 1. The van der Waals surface area contributed by atoms with E-state index >= 15 is 0 Å². The molecule has 27 heavy (non-hydrogen) atoms. The first-order chi connectivity index (χ1) is 13.2. The number of aromatic nitrogens is 5. The Morgan fingerprint density at radius 1 is 1.33 bits per heavy atom. The number of nitrogens with one attached hydrogen (secondary N) is 2. The normalized spacial score (nSPS) is 17.5. The fourth-order valence-electron chi connectivity index (χ4n) is 3.17. The van der Waals surface area contributed by atoms with Crippen molar-refractivity contribution in [3.05, 3.63) is 30.9 Å². The lowest BCUT2D eigenvalue weighted by Crippen LogP contribution is -2.42. The molecule has 2 N–H and O–H groups in total. The van der Waals surface area contributed by atoms with Crippen LogP contribution in [0.5, 0.6) is 0 Å². The van der Waals surface area contributed by atoms with Crippen LogP contribution in [0.4, 0.5) is 5.82 Å². The molecule has 1 fully saturated rings. The summed E-state index contributed by atoms with van der Waals surface area (Å²) in [4.78, 5) is 13.7. The van der Waals surface area contributed by atoms with E-state index in [1.807, 2.05) is 23.1 Å². The van der Waals surface area contributed by atoms with Crippen molar-refractivity contribution < 1.29 is 4.74 Å². The van der Waals surface area contributed by atoms with Crippen LogP contribution in [-0.4, -0.2) is 57.1 Å². The molecule has 8 heteroatoms. The van der Waals surface area contributed by atoms with Crippen molar-refractivity contribution in [2.24, 2.45) is 5.92 Å². The summed E-state index contributed by atoms with van der Waals surface area (Å²) in [5.41, 5.74) is 3.38. The third-order valence-electron chi connectivity index (χ3n) is 4.44. The number of anilines is 1. The second-order valence-electron chi connectivity index (χ2n) is 7.20. The maximum absolute atomic E-state index is 5.76. The number of hydrogen-bond donors (Lipinski definition) is 2. The van der Waals surface area contributed by atoms with Crippen LogP contribution in [0.1, 0.15) is 13.8 Å². The number of nitrogens with zero attached hydrogens (tertiary/aromatic N) is 5. The van der Waals surface area contributed by atoms with Crippen molar-refractivity contribution in [3.8, 4) is 11.3 Å². The first-order valence-electron chi connectivity index (χ1n) is 9.40. The monoisotopic (exact) mass is 367 g/mol. The predicted molar refractivity (Wildman–Crippen MR) is 104 cm³/mol. The predicted octanol–water partition coefficient (Wildman–Crippen LogP) is 1.94. The van der Waals surface area contributed by atoms with Crippen molar-refractivity contribution in [1.29, 1.82) is 0 Å². The Balaban J connectivity index is 1.62. The minimum atomic E-state index is 0.115. The van der Waals surface area contributed by atoms with Gasteiger partial charge in [0.15, 0.2) is 5.82 Å². The van der Waals surface area contributed by atoms with Crippen LogP contribution in [0, 0.1) is 5.92 Å². The quantitative estimate of drug-likeness (QED) is 0.688. The third kappa shape index (κ3) is 4.23. The lowest BCUT2D eigenvalue weighted by molar-refractivity contribution is 0.0372. The molecular weight excluding hydrogens is 342 g/mol. The second kappa shape index (κ2) is 7.98. The maximum atomic E-state index is 5.76. The van der Waals surface area contributed by atoms with Crippen molar-refractivity contribution >= 4 is 16.9 Å². The fraction of sp³-hybridized carbons (Fsp3) is 0.474. The van der Waals surface area contributed by atoms with Crippen molar-refractivity contribution in [2.45, 2.75) is 26.5 Å². The van der Waals surface area contributed by atoms with Crippen molar-refractivity contribution in [2.75, 3.05) is 31.6 Å². The topological polar surface area (TPSA) is 89.8 Å². The average molecular weight is 367 g/mol. The molecule has 3 aromatic rings. The summed E-state index contributed by atoms with van der Waals surface area (Å²) in [6.07, 6.45) is 7.39. The molecule has 1 unspecified atom stereocenters. The molecule has 1 aliphatic heterocycles. The summed E-state index contributed by atoms with van der Waals surface area (Å²) in [6.45, 7) is 8.36. The summed E-state index contributed by atoms with van der Waals surface area (Å²) in [5, 5.41) is 11.2. The first kappa shape index (κ1) is 17.8. The smallest absolute Gasteiger partial charge is 0.154 e. The molecule has 0 saturated carbocycles. The van der Waals surface area contributed by atoms with Crippen molar-refractivity contribution in [3.63, 3.8) is 0 Å². The number of morpholine rings is 1. The second-order valence-corrected chi connectivity index (χ2v) is 7.20. The average Bonchev–Trinajstić information content (AvgIpc) is 3.14. The highest BCUT2D eigenvalue weighted by molar-refractivity contribution is 5.88. The molecule has 1 atom stereocenters. The lowest BCUT2D eigenvalue weighted by atomic mass is 10.2. The van der Waals surface area contributed by atoms with E-state index < -0.39 is 0 Å². The van der Waals surface area contributed by atoms with Gasteiger partial charge in [-0.3, -0.25) is 9.67 Å². The van der Waals surface area contributed by atoms with E-state index in [0.29, 0.717) is 12.5 Å². The van der Waals surface area contributed by atoms with Crippen LogP contribution in [-0.2, 0) is 11.3 Å². The molecule has 0 radical (unpaired) electrons. The van der Waals surface area contributed by atoms with Crippen molar-refractivity contribution in [1.82, 2.24) is 30.0 Å². The molecule has 4 rings (SSSR count). The summed E-state index contributed by atoms with van der Waals surface area (Å²) in [6, 6.07) is 1.96. The number of hydrogen-bond acceptors (Lipinski definition) is 7. The molecule has 0 spiro atoms. The van der Waals surface area contributed by atoms with Gasteiger partial charge in [-0.15, -0.1) is 0 Å². The molecule has 4 heterocycles. The minimum Gasteiger partial charge on any atom is -0.374 e. The third-order valence-corrected chi connectivity index (χ3v) is 4.44. The zero-order valence-electron chi connectivity index (χ0n) is 15.7. The maximum Gasteiger partial charge on any atom is 0.154 e. The standard InChI is InChI=1S/C19H25N7O/c1-13(2)11-26-12-14(8-24-26)16-7-17-18(22-4-3-21-17)19(25-16)23-10-15-9-20-5-6-27-15/h3-4,7-8,12-13,15,20H,5-6,9-11H2,1-2H3,(H,23,25). The molecule has 0 bridgehead atoms. The minimum absolute atomic E-state index is 0.115. The van der Waals surface area contributed by atoms with E-state index in [1.165, 1.54) is 0 Å². The van der Waals surface area contributed by atoms with Gasteiger partial charge in [0, 0.05) is 50.3 Å². The zero-order chi connectivity index (χ0) is 18.6. The summed E-state index contributed by atoms with van der Waals surface area (Å²) < 4.78 is 7.72. The van der Waals surface area contributed by atoms with Gasteiger partial charge in [-0.1, -0.05) is 13.8 Å². The number of pyridine rings is 1. The largest absolute Gasteiger partial charge is 0.374 e. The summed E-state index contributed by atoms with van der Waals surface area (Å²) >= 11 is 0. The lowest BCUT2D eigenvalue weighted by Gasteiger charge is -2.24. The molecule has 0 amide bonds. The highest BCUT2D eigenvalue weighted by Gasteiger charge is 2.16. The summed E-state index contributed by atoms with van der Waals surface area (Å²) in [5.74, 6) is 1.26.